The van der Waals surface area contributed by atoms with Crippen molar-refractivity contribution in [3.05, 3.63) is 65.2 Å². The summed E-state index contributed by atoms with van der Waals surface area (Å²) in [6.07, 6.45) is 2.69. The second-order valence-electron chi connectivity index (χ2n) is 6.53. The van der Waals surface area contributed by atoms with Gasteiger partial charge in [0.2, 0.25) is 0 Å². The van der Waals surface area contributed by atoms with Gasteiger partial charge in [0.25, 0.3) is 5.91 Å². The Labute approximate surface area is 151 Å². The summed E-state index contributed by atoms with van der Waals surface area (Å²) in [5.74, 6) is -0.0855. The van der Waals surface area contributed by atoms with E-state index < -0.39 is 10.8 Å². The van der Waals surface area contributed by atoms with Crippen molar-refractivity contribution in [1.82, 2.24) is 10.2 Å². The van der Waals surface area contributed by atoms with Crippen LogP contribution in [0.2, 0.25) is 0 Å². The zero-order valence-corrected chi connectivity index (χ0v) is 15.5. The Hall–Kier alpha value is -1.98. The van der Waals surface area contributed by atoms with Gasteiger partial charge in [-0.1, -0.05) is 24.3 Å². The molecule has 2 aromatic carbocycles. The molecular formula is C20H24N2O2S. The summed E-state index contributed by atoms with van der Waals surface area (Å²) in [7, 11) is -1.02. The van der Waals surface area contributed by atoms with E-state index in [9.17, 15) is 9.00 Å². The molecule has 0 aliphatic carbocycles. The van der Waals surface area contributed by atoms with E-state index >= 15 is 0 Å². The number of nitrogens with one attached hydrogen (secondary N) is 1. The minimum absolute atomic E-state index is 0.0855. The molecule has 0 saturated heterocycles. The number of hydrogen-bond donors (Lipinski definition) is 1. The first kappa shape index (κ1) is 17.8. The van der Waals surface area contributed by atoms with Gasteiger partial charge in [0.05, 0.1) is 0 Å². The third kappa shape index (κ3) is 4.35. The molecule has 0 fully saturated rings. The van der Waals surface area contributed by atoms with Gasteiger partial charge in [-0.25, -0.2) is 0 Å². The zero-order valence-electron chi connectivity index (χ0n) is 14.7. The molecule has 3 rings (SSSR count). The molecule has 4 nitrogen and oxygen atoms in total. The minimum atomic E-state index is -1.02. The first-order valence-electron chi connectivity index (χ1n) is 8.57. The fourth-order valence-corrected chi connectivity index (χ4v) is 3.68. The molecule has 0 unspecified atom stereocenters. The van der Waals surface area contributed by atoms with Crippen molar-refractivity contribution >= 4 is 16.7 Å². The number of benzene rings is 2. The lowest BCUT2D eigenvalue weighted by atomic mass is 9.99. The summed E-state index contributed by atoms with van der Waals surface area (Å²) in [6, 6.07) is 15.8. The highest BCUT2D eigenvalue weighted by atomic mass is 32.2. The lowest BCUT2D eigenvalue weighted by Crippen LogP contribution is -2.44. The van der Waals surface area contributed by atoms with Gasteiger partial charge in [0.1, 0.15) is 0 Å². The Balaban J connectivity index is 1.54. The van der Waals surface area contributed by atoms with E-state index in [-0.39, 0.29) is 11.9 Å². The standard InChI is InChI=1S/C20H24N2O2S/c1-15(22-12-11-16-5-3-4-6-18(16)14-22)13-21-20(23)17-7-9-19(10-8-17)25(2)24/h3-10,15H,11-14H2,1-2H3,(H,21,23)/t15-,25-/m1/s1. The van der Waals surface area contributed by atoms with E-state index in [1.54, 1.807) is 30.5 Å². The van der Waals surface area contributed by atoms with E-state index in [0.29, 0.717) is 12.1 Å². The quantitative estimate of drug-likeness (QED) is 0.896. The molecule has 5 heteroatoms. The second kappa shape index (κ2) is 7.93. The Kier molecular flexibility index (Phi) is 5.66. The summed E-state index contributed by atoms with van der Waals surface area (Å²) >= 11 is 0. The fourth-order valence-electron chi connectivity index (χ4n) is 3.16. The molecule has 0 aromatic heterocycles. The van der Waals surface area contributed by atoms with E-state index in [2.05, 4.69) is 41.4 Å². The van der Waals surface area contributed by atoms with Crippen LogP contribution in [0.3, 0.4) is 0 Å². The molecule has 1 aliphatic heterocycles. The van der Waals surface area contributed by atoms with Crippen LogP contribution in [0.15, 0.2) is 53.4 Å². The fraction of sp³-hybridized carbons (Fsp3) is 0.350. The van der Waals surface area contributed by atoms with Crippen LogP contribution < -0.4 is 5.32 Å². The SMILES string of the molecule is C[C@H](CNC(=O)c1ccc([S@@](C)=O)cc1)N1CCc2ccccc2C1. The molecule has 1 aliphatic rings. The summed E-state index contributed by atoms with van der Waals surface area (Å²) in [6.45, 7) is 4.72. The van der Waals surface area contributed by atoms with Gasteiger partial charge in [0.15, 0.2) is 0 Å². The lowest BCUT2D eigenvalue weighted by molar-refractivity contribution is 0.0932. The third-order valence-corrected chi connectivity index (χ3v) is 5.73. The molecule has 1 heterocycles. The maximum absolute atomic E-state index is 12.3. The average Bonchev–Trinajstić information content (AvgIpc) is 2.65. The van der Waals surface area contributed by atoms with Gasteiger partial charge in [-0.15, -0.1) is 0 Å². The molecule has 1 amide bonds. The lowest BCUT2D eigenvalue weighted by Gasteiger charge is -2.33. The largest absolute Gasteiger partial charge is 0.350 e. The van der Waals surface area contributed by atoms with Crippen LogP contribution in [0.25, 0.3) is 0 Å². The number of carbonyl (C=O) groups is 1. The van der Waals surface area contributed by atoms with Crippen molar-refractivity contribution < 1.29 is 9.00 Å². The van der Waals surface area contributed by atoms with Crippen LogP contribution in [0.5, 0.6) is 0 Å². The smallest absolute Gasteiger partial charge is 0.251 e. The van der Waals surface area contributed by atoms with Crippen LogP contribution in [0.4, 0.5) is 0 Å². The average molecular weight is 356 g/mol. The highest BCUT2D eigenvalue weighted by molar-refractivity contribution is 7.84. The number of nitrogens with zero attached hydrogens (tertiary/aromatic N) is 1. The van der Waals surface area contributed by atoms with Crippen LogP contribution in [-0.2, 0) is 23.8 Å². The van der Waals surface area contributed by atoms with Crippen molar-refractivity contribution in [3.8, 4) is 0 Å². The Morgan fingerprint density at radius 3 is 2.52 bits per heavy atom. The molecule has 2 atom stereocenters. The van der Waals surface area contributed by atoms with E-state index in [1.807, 2.05) is 0 Å². The van der Waals surface area contributed by atoms with E-state index in [1.165, 1.54) is 11.1 Å². The number of hydrogen-bond acceptors (Lipinski definition) is 3. The number of rotatable bonds is 5. The summed E-state index contributed by atoms with van der Waals surface area (Å²) in [5, 5.41) is 3.01. The maximum atomic E-state index is 12.3. The van der Waals surface area contributed by atoms with Gasteiger partial charge in [-0.05, 0) is 48.7 Å². The Bertz CT molecular complexity index is 774. The maximum Gasteiger partial charge on any atom is 0.251 e. The van der Waals surface area contributed by atoms with Gasteiger partial charge >= 0.3 is 0 Å². The predicted molar refractivity (Wildman–Crippen MR) is 101 cm³/mol. The van der Waals surface area contributed by atoms with Gasteiger partial charge in [-0.3, -0.25) is 13.9 Å². The molecule has 132 valence electrons. The summed E-state index contributed by atoms with van der Waals surface area (Å²) < 4.78 is 11.4. The van der Waals surface area contributed by atoms with Crippen molar-refractivity contribution in [2.45, 2.75) is 30.8 Å². The van der Waals surface area contributed by atoms with Gasteiger partial charge < -0.3 is 5.32 Å². The molecule has 0 saturated carbocycles. The monoisotopic (exact) mass is 356 g/mol. The highest BCUT2D eigenvalue weighted by Crippen LogP contribution is 2.20. The molecule has 2 aromatic rings. The summed E-state index contributed by atoms with van der Waals surface area (Å²) in [5.41, 5.74) is 3.42. The molecule has 0 spiro atoms. The zero-order chi connectivity index (χ0) is 17.8. The molecule has 0 bridgehead atoms. The van der Waals surface area contributed by atoms with Crippen LogP contribution in [0, 0.1) is 0 Å². The Morgan fingerprint density at radius 1 is 1.16 bits per heavy atom. The van der Waals surface area contributed by atoms with Crippen LogP contribution in [-0.4, -0.2) is 40.4 Å². The van der Waals surface area contributed by atoms with Gasteiger partial charge in [-0.2, -0.15) is 0 Å². The predicted octanol–water partition coefficient (Wildman–Crippen LogP) is 2.60. The number of carbonyl (C=O) groups excluding carboxylic acids is 1. The second-order valence-corrected chi connectivity index (χ2v) is 7.91. The number of amides is 1. The topological polar surface area (TPSA) is 49.4 Å². The van der Waals surface area contributed by atoms with Gasteiger partial charge in [0, 0.05) is 53.2 Å². The molecule has 0 radical (unpaired) electrons. The molecular weight excluding hydrogens is 332 g/mol. The van der Waals surface area contributed by atoms with Crippen LogP contribution >= 0.6 is 0 Å². The molecule has 25 heavy (non-hydrogen) atoms. The van der Waals surface area contributed by atoms with Crippen molar-refractivity contribution in [1.29, 1.82) is 0 Å². The van der Waals surface area contributed by atoms with Crippen LogP contribution in [0.1, 0.15) is 28.4 Å². The van der Waals surface area contributed by atoms with E-state index in [4.69, 9.17) is 0 Å². The first-order chi connectivity index (χ1) is 12.0. The summed E-state index contributed by atoms with van der Waals surface area (Å²) in [4.78, 5) is 15.4. The number of fused-ring (bicyclic) bond motifs is 1. The van der Waals surface area contributed by atoms with Crippen molar-refractivity contribution in [2.24, 2.45) is 0 Å². The first-order valence-corrected chi connectivity index (χ1v) is 10.1. The minimum Gasteiger partial charge on any atom is -0.350 e. The normalized spacial score (nSPS) is 16.7. The van der Waals surface area contributed by atoms with E-state index in [0.717, 1.165) is 24.4 Å². The van der Waals surface area contributed by atoms with Crippen molar-refractivity contribution in [3.63, 3.8) is 0 Å². The third-order valence-electron chi connectivity index (χ3n) is 4.79. The highest BCUT2D eigenvalue weighted by Gasteiger charge is 2.20. The molecule has 1 N–H and O–H groups in total. The Morgan fingerprint density at radius 2 is 1.84 bits per heavy atom. The van der Waals surface area contributed by atoms with Crippen molar-refractivity contribution in [2.75, 3.05) is 19.3 Å².